The summed E-state index contributed by atoms with van der Waals surface area (Å²) in [6.07, 6.45) is 0. The van der Waals surface area contributed by atoms with E-state index in [1.54, 1.807) is 0 Å². The van der Waals surface area contributed by atoms with Crippen molar-refractivity contribution in [2.45, 2.75) is 0 Å². The molecule has 0 aliphatic carbocycles. The van der Waals surface area contributed by atoms with Gasteiger partial charge in [0, 0.05) is 15.9 Å². The van der Waals surface area contributed by atoms with Gasteiger partial charge < -0.3 is 4.42 Å². The summed E-state index contributed by atoms with van der Waals surface area (Å²) in [4.78, 5) is 4.74. The zero-order chi connectivity index (χ0) is 9.54. The van der Waals surface area contributed by atoms with Gasteiger partial charge in [-0.15, -0.1) is 0 Å². The van der Waals surface area contributed by atoms with Crippen molar-refractivity contribution < 1.29 is 4.42 Å². The molecule has 0 radical (unpaired) electrons. The number of aromatic nitrogens is 1. The van der Waals surface area contributed by atoms with Gasteiger partial charge in [0.25, 0.3) is 4.80 Å². The molecule has 0 spiro atoms. The van der Waals surface area contributed by atoms with Crippen LogP contribution in [0.1, 0.15) is 0 Å². The van der Waals surface area contributed by atoms with Crippen LogP contribution < -0.4 is 0 Å². The van der Waals surface area contributed by atoms with Crippen LogP contribution in [0.3, 0.4) is 0 Å². The first-order valence-electron chi connectivity index (χ1n) is 4.28. The molecule has 0 aliphatic heterocycles. The first-order valence-corrected chi connectivity index (χ1v) is 5.07. The first kappa shape index (κ1) is 8.00. The van der Waals surface area contributed by atoms with Gasteiger partial charge >= 0.3 is 0 Å². The van der Waals surface area contributed by atoms with Gasteiger partial charge in [0.1, 0.15) is 5.52 Å². The van der Waals surface area contributed by atoms with Crippen molar-refractivity contribution in [3.63, 3.8) is 0 Å². The minimum Gasteiger partial charge on any atom is -0.431 e. The summed E-state index contributed by atoms with van der Waals surface area (Å²) in [5.74, 6) is 0. The molecule has 0 N–H and O–H groups in total. The van der Waals surface area contributed by atoms with Crippen LogP contribution in [-0.4, -0.2) is 4.98 Å². The molecule has 0 amide bonds. The predicted molar refractivity (Wildman–Crippen MR) is 59.2 cm³/mol. The summed E-state index contributed by atoms with van der Waals surface area (Å²) in [5.41, 5.74) is 1.70. The largest absolute Gasteiger partial charge is 0.431 e. The number of oxazole rings is 1. The van der Waals surface area contributed by atoms with Gasteiger partial charge in [-0.05, 0) is 22.9 Å². The zero-order valence-corrected chi connectivity index (χ0v) is 8.78. The van der Waals surface area contributed by atoms with E-state index < -0.39 is 0 Å². The molecular formula is C11H6BrNO. The normalized spacial score (nSPS) is 11.2. The molecule has 0 fully saturated rings. The average molecular weight is 248 g/mol. The second-order valence-corrected chi connectivity index (χ2v) is 3.81. The van der Waals surface area contributed by atoms with Crippen molar-refractivity contribution >= 4 is 37.8 Å². The van der Waals surface area contributed by atoms with E-state index in [-0.39, 0.29) is 0 Å². The molecular weight excluding hydrogens is 242 g/mol. The Hall–Kier alpha value is -1.35. The minimum absolute atomic E-state index is 0.530. The van der Waals surface area contributed by atoms with Gasteiger partial charge in [-0.1, -0.05) is 24.3 Å². The lowest BCUT2D eigenvalue weighted by Gasteiger charge is -1.94. The summed E-state index contributed by atoms with van der Waals surface area (Å²) in [7, 11) is 0. The molecule has 2 aromatic carbocycles. The minimum atomic E-state index is 0.530. The van der Waals surface area contributed by atoms with Crippen LogP contribution in [0.5, 0.6) is 0 Å². The average Bonchev–Trinajstić information content (AvgIpc) is 2.53. The second kappa shape index (κ2) is 2.82. The molecule has 0 saturated heterocycles. The second-order valence-electron chi connectivity index (χ2n) is 3.13. The fourth-order valence-electron chi connectivity index (χ4n) is 1.58. The third-order valence-electron chi connectivity index (χ3n) is 2.23. The van der Waals surface area contributed by atoms with Gasteiger partial charge in [0.2, 0.25) is 0 Å². The molecule has 1 heterocycles. The Labute approximate surface area is 88.7 Å². The molecule has 14 heavy (non-hydrogen) atoms. The predicted octanol–water partition coefficient (Wildman–Crippen LogP) is 3.74. The smallest absolute Gasteiger partial charge is 0.265 e. The number of rotatable bonds is 0. The third-order valence-corrected chi connectivity index (χ3v) is 2.57. The Bertz CT molecular complexity index is 562. The van der Waals surface area contributed by atoms with Gasteiger partial charge in [0.05, 0.1) is 0 Å². The summed E-state index contributed by atoms with van der Waals surface area (Å²) >= 11 is 3.22. The quantitative estimate of drug-likeness (QED) is 0.605. The number of hydrogen-bond acceptors (Lipinski definition) is 2. The molecule has 68 valence electrons. The molecule has 3 rings (SSSR count). The van der Waals surface area contributed by atoms with Crippen molar-refractivity contribution in [1.82, 2.24) is 4.98 Å². The number of nitrogens with zero attached hydrogens (tertiary/aromatic N) is 1. The van der Waals surface area contributed by atoms with Crippen molar-refractivity contribution in [3.05, 3.63) is 41.2 Å². The maximum atomic E-state index is 5.38. The Morgan fingerprint density at radius 2 is 1.79 bits per heavy atom. The Balaban J connectivity index is 2.51. The van der Waals surface area contributed by atoms with Gasteiger partial charge in [-0.25, -0.2) is 4.98 Å². The van der Waals surface area contributed by atoms with Crippen molar-refractivity contribution in [1.29, 1.82) is 0 Å². The fraction of sp³-hybridized carbons (Fsp3) is 0. The van der Waals surface area contributed by atoms with Crippen LogP contribution in [0.15, 0.2) is 45.6 Å². The number of benzene rings is 2. The highest BCUT2D eigenvalue weighted by Crippen LogP contribution is 2.24. The zero-order valence-electron chi connectivity index (χ0n) is 7.20. The van der Waals surface area contributed by atoms with Gasteiger partial charge in [-0.2, -0.15) is 0 Å². The van der Waals surface area contributed by atoms with Crippen molar-refractivity contribution in [2.75, 3.05) is 0 Å². The van der Waals surface area contributed by atoms with E-state index in [1.165, 1.54) is 10.8 Å². The highest BCUT2D eigenvalue weighted by Gasteiger charge is 2.03. The molecule has 3 heteroatoms. The van der Waals surface area contributed by atoms with E-state index >= 15 is 0 Å². The van der Waals surface area contributed by atoms with E-state index in [2.05, 4.69) is 33.0 Å². The van der Waals surface area contributed by atoms with E-state index in [0.29, 0.717) is 4.80 Å². The highest BCUT2D eigenvalue weighted by molar-refractivity contribution is 9.10. The fourth-order valence-corrected chi connectivity index (χ4v) is 1.95. The number of fused-ring (bicyclic) bond motifs is 2. The van der Waals surface area contributed by atoms with Crippen LogP contribution in [-0.2, 0) is 0 Å². The molecule has 0 bridgehead atoms. The molecule has 0 unspecified atom stereocenters. The van der Waals surface area contributed by atoms with E-state index in [1.807, 2.05) is 24.3 Å². The molecule has 3 aromatic rings. The maximum Gasteiger partial charge on any atom is 0.265 e. The Morgan fingerprint density at radius 1 is 1.07 bits per heavy atom. The van der Waals surface area contributed by atoms with Crippen molar-refractivity contribution in [2.24, 2.45) is 0 Å². The lowest BCUT2D eigenvalue weighted by atomic mass is 10.1. The van der Waals surface area contributed by atoms with Crippen molar-refractivity contribution in [3.8, 4) is 0 Å². The SMILES string of the molecule is Brc1nc2cc3ccccc3cc2o1. The van der Waals surface area contributed by atoms with Crippen LogP contribution in [0.2, 0.25) is 0 Å². The molecule has 0 aliphatic rings. The van der Waals surface area contributed by atoms with Crippen LogP contribution in [0.25, 0.3) is 21.9 Å². The third kappa shape index (κ3) is 1.13. The first-order chi connectivity index (χ1) is 6.83. The maximum absolute atomic E-state index is 5.38. The van der Waals surface area contributed by atoms with E-state index in [4.69, 9.17) is 4.42 Å². The van der Waals surface area contributed by atoms with Gasteiger partial charge in [-0.3, -0.25) is 0 Å². The summed E-state index contributed by atoms with van der Waals surface area (Å²) in [6.45, 7) is 0. The summed E-state index contributed by atoms with van der Waals surface area (Å²) < 4.78 is 5.38. The number of halogens is 1. The molecule has 0 atom stereocenters. The van der Waals surface area contributed by atoms with Gasteiger partial charge in [0.15, 0.2) is 5.58 Å². The number of hydrogen-bond donors (Lipinski definition) is 0. The molecule has 1 aromatic heterocycles. The van der Waals surface area contributed by atoms with Crippen LogP contribution >= 0.6 is 15.9 Å². The molecule has 2 nitrogen and oxygen atoms in total. The Kier molecular flexibility index (Phi) is 1.61. The standard InChI is InChI=1S/C11H6BrNO/c12-11-13-9-5-7-3-1-2-4-8(7)6-10(9)14-11/h1-6H. The topological polar surface area (TPSA) is 26.0 Å². The summed E-state index contributed by atoms with van der Waals surface area (Å²) in [5, 5.41) is 2.35. The lowest BCUT2D eigenvalue weighted by molar-refractivity contribution is 0.570. The van der Waals surface area contributed by atoms with Crippen LogP contribution in [0.4, 0.5) is 0 Å². The van der Waals surface area contributed by atoms with E-state index in [9.17, 15) is 0 Å². The lowest BCUT2D eigenvalue weighted by Crippen LogP contribution is -1.72. The monoisotopic (exact) mass is 247 g/mol. The Morgan fingerprint density at radius 3 is 2.57 bits per heavy atom. The highest BCUT2D eigenvalue weighted by atomic mass is 79.9. The van der Waals surface area contributed by atoms with Crippen LogP contribution in [0, 0.1) is 0 Å². The van der Waals surface area contributed by atoms with E-state index in [0.717, 1.165) is 11.1 Å². The summed E-state index contributed by atoms with van der Waals surface area (Å²) in [6, 6.07) is 12.2. The molecule has 0 saturated carbocycles.